The summed E-state index contributed by atoms with van der Waals surface area (Å²) in [5.41, 5.74) is 1.43. The summed E-state index contributed by atoms with van der Waals surface area (Å²) in [6.45, 7) is 0. The van der Waals surface area contributed by atoms with Crippen molar-refractivity contribution in [1.82, 2.24) is 0 Å². The summed E-state index contributed by atoms with van der Waals surface area (Å²) in [6, 6.07) is 6.24. The fraction of sp³-hybridized carbons (Fsp3) is 0.0833. The topological polar surface area (TPSA) is 49.3 Å². The van der Waals surface area contributed by atoms with Gasteiger partial charge in [0.25, 0.3) is 0 Å². The third kappa shape index (κ3) is 3.04. The molecule has 0 radical (unpaired) electrons. The highest BCUT2D eigenvalue weighted by Crippen LogP contribution is 2.28. The molecule has 2 N–H and O–H groups in total. The highest BCUT2D eigenvalue weighted by molar-refractivity contribution is 9.10. The van der Waals surface area contributed by atoms with Gasteiger partial charge in [0.2, 0.25) is 0 Å². The SMILES string of the molecule is O=C(O)C(Nc1ccc(Cl)c(Br)c1)c1ccsc1. The molecule has 0 saturated heterocycles. The van der Waals surface area contributed by atoms with Crippen molar-refractivity contribution in [2.75, 3.05) is 5.32 Å². The maximum Gasteiger partial charge on any atom is 0.330 e. The van der Waals surface area contributed by atoms with E-state index >= 15 is 0 Å². The Morgan fingerprint density at radius 1 is 1.44 bits per heavy atom. The number of halogens is 2. The Hall–Kier alpha value is -1.04. The number of nitrogens with one attached hydrogen (secondary N) is 1. The van der Waals surface area contributed by atoms with E-state index in [0.717, 1.165) is 10.0 Å². The summed E-state index contributed by atoms with van der Waals surface area (Å²) in [6.07, 6.45) is 0. The van der Waals surface area contributed by atoms with Gasteiger partial charge in [-0.15, -0.1) is 0 Å². The van der Waals surface area contributed by atoms with E-state index in [0.29, 0.717) is 10.7 Å². The number of carboxylic acid groups (broad SMARTS) is 1. The molecule has 0 aliphatic rings. The fourth-order valence-corrected chi connectivity index (χ4v) is 2.66. The Balaban J connectivity index is 2.24. The number of aliphatic carboxylic acids is 1. The van der Waals surface area contributed by atoms with Gasteiger partial charge in [-0.3, -0.25) is 0 Å². The minimum absolute atomic E-state index is 0.586. The fourth-order valence-electron chi connectivity index (χ4n) is 1.48. The Bertz CT molecular complexity index is 559. The van der Waals surface area contributed by atoms with Crippen molar-refractivity contribution in [2.24, 2.45) is 0 Å². The van der Waals surface area contributed by atoms with Gasteiger partial charge < -0.3 is 10.4 Å². The van der Waals surface area contributed by atoms with Crippen LogP contribution in [-0.2, 0) is 4.79 Å². The number of carboxylic acids is 1. The second-order valence-electron chi connectivity index (χ2n) is 3.60. The molecule has 1 aromatic carbocycles. The van der Waals surface area contributed by atoms with Crippen LogP contribution in [0.1, 0.15) is 11.6 Å². The molecule has 0 bridgehead atoms. The molecule has 1 heterocycles. The van der Waals surface area contributed by atoms with E-state index in [1.807, 2.05) is 10.8 Å². The molecule has 0 amide bonds. The molecule has 0 fully saturated rings. The molecule has 6 heteroatoms. The van der Waals surface area contributed by atoms with Gasteiger partial charge in [0, 0.05) is 10.2 Å². The lowest BCUT2D eigenvalue weighted by Crippen LogP contribution is -2.19. The van der Waals surface area contributed by atoms with Crippen LogP contribution in [0.25, 0.3) is 0 Å². The molecule has 3 nitrogen and oxygen atoms in total. The molecule has 1 atom stereocenters. The van der Waals surface area contributed by atoms with Crippen LogP contribution in [0.2, 0.25) is 5.02 Å². The average molecular weight is 347 g/mol. The molecule has 1 aromatic heterocycles. The molecule has 0 aliphatic heterocycles. The first-order chi connectivity index (χ1) is 8.58. The van der Waals surface area contributed by atoms with Crippen molar-refractivity contribution in [1.29, 1.82) is 0 Å². The summed E-state index contributed by atoms with van der Waals surface area (Å²) in [5.74, 6) is -0.917. The number of hydrogen-bond acceptors (Lipinski definition) is 3. The minimum atomic E-state index is -0.917. The number of hydrogen-bond donors (Lipinski definition) is 2. The summed E-state index contributed by atoms with van der Waals surface area (Å²) < 4.78 is 0.726. The van der Waals surface area contributed by atoms with Crippen molar-refractivity contribution < 1.29 is 9.90 Å². The quantitative estimate of drug-likeness (QED) is 0.862. The molecule has 94 valence electrons. The largest absolute Gasteiger partial charge is 0.479 e. The molecule has 18 heavy (non-hydrogen) atoms. The maximum absolute atomic E-state index is 11.3. The van der Waals surface area contributed by atoms with Gasteiger partial charge in [0.15, 0.2) is 6.04 Å². The van der Waals surface area contributed by atoms with Crippen LogP contribution < -0.4 is 5.32 Å². The molecule has 2 aromatic rings. The van der Waals surface area contributed by atoms with Crippen molar-refractivity contribution in [2.45, 2.75) is 6.04 Å². The van der Waals surface area contributed by atoms with Crippen molar-refractivity contribution in [3.8, 4) is 0 Å². The monoisotopic (exact) mass is 345 g/mol. The first-order valence-electron chi connectivity index (χ1n) is 5.04. The Morgan fingerprint density at radius 2 is 2.22 bits per heavy atom. The van der Waals surface area contributed by atoms with Gasteiger partial charge in [-0.1, -0.05) is 11.6 Å². The first-order valence-corrected chi connectivity index (χ1v) is 7.16. The average Bonchev–Trinajstić information content (AvgIpc) is 2.83. The van der Waals surface area contributed by atoms with Gasteiger partial charge >= 0.3 is 5.97 Å². The Labute approximate surface area is 122 Å². The molecular formula is C12H9BrClNO2S. The van der Waals surface area contributed by atoms with Gasteiger partial charge in [0.05, 0.1) is 5.02 Å². The lowest BCUT2D eigenvalue weighted by atomic mass is 10.1. The second kappa shape index (κ2) is 5.73. The summed E-state index contributed by atoms with van der Waals surface area (Å²) in [4.78, 5) is 11.3. The van der Waals surface area contributed by atoms with E-state index in [1.165, 1.54) is 11.3 Å². The first kappa shape index (κ1) is 13.4. The number of thiophene rings is 1. The van der Waals surface area contributed by atoms with Gasteiger partial charge in [-0.2, -0.15) is 11.3 Å². The van der Waals surface area contributed by atoms with Crippen LogP contribution in [0, 0.1) is 0 Å². The van der Waals surface area contributed by atoms with Crippen LogP contribution >= 0.6 is 38.9 Å². The third-order valence-electron chi connectivity index (χ3n) is 2.35. The number of benzene rings is 1. The van der Waals surface area contributed by atoms with Crippen LogP contribution in [0.5, 0.6) is 0 Å². The highest BCUT2D eigenvalue weighted by atomic mass is 79.9. The van der Waals surface area contributed by atoms with Crippen LogP contribution in [0.3, 0.4) is 0 Å². The number of carbonyl (C=O) groups is 1. The van der Waals surface area contributed by atoms with Gasteiger partial charge in [-0.05, 0) is 56.5 Å². The molecule has 2 rings (SSSR count). The predicted octanol–water partition coefficient (Wildman–Crippen LogP) is 4.40. The van der Waals surface area contributed by atoms with Gasteiger partial charge in [0.1, 0.15) is 0 Å². The van der Waals surface area contributed by atoms with E-state index in [4.69, 9.17) is 11.6 Å². The smallest absolute Gasteiger partial charge is 0.330 e. The van der Waals surface area contributed by atoms with E-state index in [1.54, 1.807) is 24.3 Å². The van der Waals surface area contributed by atoms with E-state index in [-0.39, 0.29) is 0 Å². The predicted molar refractivity (Wildman–Crippen MR) is 77.5 cm³/mol. The summed E-state index contributed by atoms with van der Waals surface area (Å²) >= 11 is 10.7. The van der Waals surface area contributed by atoms with Crippen LogP contribution in [0.15, 0.2) is 39.5 Å². The maximum atomic E-state index is 11.3. The van der Waals surface area contributed by atoms with Crippen molar-refractivity contribution in [3.63, 3.8) is 0 Å². The normalized spacial score (nSPS) is 12.1. The minimum Gasteiger partial charge on any atom is -0.479 e. The molecule has 0 saturated carbocycles. The zero-order chi connectivity index (χ0) is 13.1. The lowest BCUT2D eigenvalue weighted by molar-refractivity contribution is -0.138. The standard InChI is InChI=1S/C12H9BrClNO2S/c13-9-5-8(1-2-10(9)14)15-11(12(16)17)7-3-4-18-6-7/h1-6,11,15H,(H,16,17). The zero-order valence-electron chi connectivity index (χ0n) is 9.06. The molecule has 0 spiro atoms. The van der Waals surface area contributed by atoms with E-state index in [2.05, 4.69) is 21.2 Å². The van der Waals surface area contributed by atoms with E-state index < -0.39 is 12.0 Å². The lowest BCUT2D eigenvalue weighted by Gasteiger charge is -2.15. The van der Waals surface area contributed by atoms with Crippen LogP contribution in [0.4, 0.5) is 5.69 Å². The van der Waals surface area contributed by atoms with Crippen LogP contribution in [-0.4, -0.2) is 11.1 Å². The highest BCUT2D eigenvalue weighted by Gasteiger charge is 2.20. The zero-order valence-corrected chi connectivity index (χ0v) is 12.2. The molecular weight excluding hydrogens is 338 g/mol. The second-order valence-corrected chi connectivity index (χ2v) is 5.64. The Kier molecular flexibility index (Phi) is 4.27. The van der Waals surface area contributed by atoms with Gasteiger partial charge in [-0.25, -0.2) is 4.79 Å². The molecule has 0 aliphatic carbocycles. The third-order valence-corrected chi connectivity index (χ3v) is 4.27. The number of rotatable bonds is 4. The summed E-state index contributed by atoms with van der Waals surface area (Å²) in [5, 5.41) is 16.5. The Morgan fingerprint density at radius 3 is 2.78 bits per heavy atom. The van der Waals surface area contributed by atoms with Crippen molar-refractivity contribution in [3.05, 3.63) is 50.1 Å². The van der Waals surface area contributed by atoms with Crippen molar-refractivity contribution >= 4 is 50.5 Å². The summed E-state index contributed by atoms with van der Waals surface area (Å²) in [7, 11) is 0. The van der Waals surface area contributed by atoms with E-state index in [9.17, 15) is 9.90 Å². The number of anilines is 1. The molecule has 1 unspecified atom stereocenters.